The fourth-order valence-electron chi connectivity index (χ4n) is 1.65. The molecule has 2 nitrogen and oxygen atoms in total. The van der Waals surface area contributed by atoms with Gasteiger partial charge in [-0.3, -0.25) is 4.79 Å². The summed E-state index contributed by atoms with van der Waals surface area (Å²) in [5.41, 5.74) is 9.19. The zero-order valence-electron chi connectivity index (χ0n) is 11.1. The zero-order valence-corrected chi connectivity index (χ0v) is 11.1. The standard InChI is InChI=1S/C14H13NO.C2H6/c1-10-3-2-4-13(9-10)11-5-7-12(8-6-11)14(15)16;1-2/h2-9H,1H3,(H2,15,16);1-2H3. The normalized spacial score (nSPS) is 9.28. The molecule has 0 saturated heterocycles. The minimum absolute atomic E-state index is 0.393. The highest BCUT2D eigenvalue weighted by atomic mass is 16.1. The third-order valence-corrected chi connectivity index (χ3v) is 2.52. The molecule has 0 atom stereocenters. The van der Waals surface area contributed by atoms with Crippen molar-refractivity contribution in [1.82, 2.24) is 0 Å². The second-order valence-electron chi connectivity index (χ2n) is 3.81. The molecule has 0 aliphatic carbocycles. The molecule has 2 N–H and O–H groups in total. The Balaban J connectivity index is 0.000000771. The van der Waals surface area contributed by atoms with Crippen LogP contribution in [0, 0.1) is 6.92 Å². The molecule has 18 heavy (non-hydrogen) atoms. The van der Waals surface area contributed by atoms with Gasteiger partial charge in [0.15, 0.2) is 0 Å². The molecule has 2 aromatic rings. The van der Waals surface area contributed by atoms with Crippen LogP contribution < -0.4 is 5.73 Å². The number of amides is 1. The predicted octanol–water partition coefficient (Wildman–Crippen LogP) is 3.79. The van der Waals surface area contributed by atoms with Crippen LogP contribution in [0.2, 0.25) is 0 Å². The van der Waals surface area contributed by atoms with Crippen molar-refractivity contribution in [3.63, 3.8) is 0 Å². The predicted molar refractivity (Wildman–Crippen MR) is 76.5 cm³/mol. The molecule has 0 aromatic heterocycles. The monoisotopic (exact) mass is 241 g/mol. The quantitative estimate of drug-likeness (QED) is 0.854. The molecular formula is C16H19NO. The van der Waals surface area contributed by atoms with Gasteiger partial charge >= 0.3 is 0 Å². The molecule has 0 spiro atoms. The number of benzene rings is 2. The molecule has 0 saturated carbocycles. The first-order valence-corrected chi connectivity index (χ1v) is 6.14. The minimum Gasteiger partial charge on any atom is -0.366 e. The highest BCUT2D eigenvalue weighted by Gasteiger charge is 2.01. The third kappa shape index (κ3) is 3.45. The number of nitrogens with two attached hydrogens (primary N) is 1. The van der Waals surface area contributed by atoms with Crippen molar-refractivity contribution >= 4 is 5.91 Å². The molecular weight excluding hydrogens is 222 g/mol. The van der Waals surface area contributed by atoms with Gasteiger partial charge in [0.25, 0.3) is 0 Å². The zero-order chi connectivity index (χ0) is 13.5. The van der Waals surface area contributed by atoms with Gasteiger partial charge in [-0.05, 0) is 30.2 Å². The molecule has 2 aromatic carbocycles. The molecule has 0 radical (unpaired) electrons. The van der Waals surface area contributed by atoms with Crippen LogP contribution in [0.25, 0.3) is 11.1 Å². The highest BCUT2D eigenvalue weighted by Crippen LogP contribution is 2.20. The fraction of sp³-hybridized carbons (Fsp3) is 0.188. The summed E-state index contributed by atoms with van der Waals surface area (Å²) in [5.74, 6) is -0.393. The molecule has 0 unspecified atom stereocenters. The number of aryl methyl sites for hydroxylation is 1. The maximum Gasteiger partial charge on any atom is 0.248 e. The summed E-state index contributed by atoms with van der Waals surface area (Å²) in [7, 11) is 0. The Morgan fingerprint density at radius 2 is 1.56 bits per heavy atom. The van der Waals surface area contributed by atoms with E-state index in [1.54, 1.807) is 12.1 Å². The van der Waals surface area contributed by atoms with Gasteiger partial charge in [-0.2, -0.15) is 0 Å². The van der Waals surface area contributed by atoms with Gasteiger partial charge in [0.1, 0.15) is 0 Å². The Morgan fingerprint density at radius 1 is 0.944 bits per heavy atom. The van der Waals surface area contributed by atoms with E-state index in [1.807, 2.05) is 38.1 Å². The van der Waals surface area contributed by atoms with Crippen LogP contribution in [-0.2, 0) is 0 Å². The first kappa shape index (κ1) is 14.0. The van der Waals surface area contributed by atoms with E-state index in [0.717, 1.165) is 11.1 Å². The number of primary amides is 1. The number of carbonyl (C=O) groups is 1. The summed E-state index contributed by atoms with van der Waals surface area (Å²) in [6.45, 7) is 6.06. The van der Waals surface area contributed by atoms with Gasteiger partial charge in [-0.1, -0.05) is 55.8 Å². The fourth-order valence-corrected chi connectivity index (χ4v) is 1.65. The van der Waals surface area contributed by atoms with E-state index in [0.29, 0.717) is 5.56 Å². The van der Waals surface area contributed by atoms with Crippen molar-refractivity contribution in [2.24, 2.45) is 5.73 Å². The third-order valence-electron chi connectivity index (χ3n) is 2.52. The lowest BCUT2D eigenvalue weighted by Crippen LogP contribution is -2.10. The summed E-state index contributed by atoms with van der Waals surface area (Å²) in [6.07, 6.45) is 0. The molecule has 0 heterocycles. The van der Waals surface area contributed by atoms with Crippen LogP contribution in [0.4, 0.5) is 0 Å². The average molecular weight is 241 g/mol. The molecule has 0 aliphatic rings. The first-order chi connectivity index (χ1) is 8.66. The lowest BCUT2D eigenvalue weighted by Gasteiger charge is -2.03. The summed E-state index contributed by atoms with van der Waals surface area (Å²) < 4.78 is 0. The van der Waals surface area contributed by atoms with E-state index in [2.05, 4.69) is 19.1 Å². The topological polar surface area (TPSA) is 43.1 Å². The van der Waals surface area contributed by atoms with Crippen molar-refractivity contribution in [3.8, 4) is 11.1 Å². The second-order valence-corrected chi connectivity index (χ2v) is 3.81. The van der Waals surface area contributed by atoms with Crippen molar-refractivity contribution in [3.05, 3.63) is 59.7 Å². The summed E-state index contributed by atoms with van der Waals surface area (Å²) in [6, 6.07) is 15.6. The lowest BCUT2D eigenvalue weighted by molar-refractivity contribution is 0.100. The van der Waals surface area contributed by atoms with Crippen molar-refractivity contribution in [1.29, 1.82) is 0 Å². The van der Waals surface area contributed by atoms with Crippen molar-refractivity contribution < 1.29 is 4.79 Å². The maximum absolute atomic E-state index is 10.9. The number of hydrogen-bond acceptors (Lipinski definition) is 1. The number of hydrogen-bond donors (Lipinski definition) is 1. The summed E-state index contributed by atoms with van der Waals surface area (Å²) in [4.78, 5) is 10.9. The minimum atomic E-state index is -0.393. The van der Waals surface area contributed by atoms with Crippen LogP contribution in [0.1, 0.15) is 29.8 Å². The Bertz CT molecular complexity index is 515. The number of rotatable bonds is 2. The van der Waals surface area contributed by atoms with E-state index >= 15 is 0 Å². The number of carbonyl (C=O) groups excluding carboxylic acids is 1. The van der Waals surface area contributed by atoms with Crippen LogP contribution in [0.5, 0.6) is 0 Å². The Hall–Kier alpha value is -2.09. The molecule has 94 valence electrons. The first-order valence-electron chi connectivity index (χ1n) is 6.14. The van der Waals surface area contributed by atoms with Crippen LogP contribution in [0.3, 0.4) is 0 Å². The van der Waals surface area contributed by atoms with E-state index in [-0.39, 0.29) is 0 Å². The molecule has 0 bridgehead atoms. The van der Waals surface area contributed by atoms with Crippen molar-refractivity contribution in [2.75, 3.05) is 0 Å². The largest absolute Gasteiger partial charge is 0.366 e. The van der Waals surface area contributed by atoms with Gasteiger partial charge in [-0.15, -0.1) is 0 Å². The molecule has 0 fully saturated rings. The van der Waals surface area contributed by atoms with Crippen molar-refractivity contribution in [2.45, 2.75) is 20.8 Å². The summed E-state index contributed by atoms with van der Waals surface area (Å²) >= 11 is 0. The van der Waals surface area contributed by atoms with Gasteiger partial charge < -0.3 is 5.73 Å². The van der Waals surface area contributed by atoms with E-state index in [9.17, 15) is 4.79 Å². The van der Waals surface area contributed by atoms with Gasteiger partial charge in [-0.25, -0.2) is 0 Å². The van der Waals surface area contributed by atoms with Crippen LogP contribution in [-0.4, -0.2) is 5.91 Å². The smallest absolute Gasteiger partial charge is 0.248 e. The van der Waals surface area contributed by atoms with E-state index < -0.39 is 5.91 Å². The average Bonchev–Trinajstić information content (AvgIpc) is 2.41. The SMILES string of the molecule is CC.Cc1cccc(-c2ccc(C(N)=O)cc2)c1. The van der Waals surface area contributed by atoms with Crippen LogP contribution >= 0.6 is 0 Å². The van der Waals surface area contributed by atoms with Gasteiger partial charge in [0.2, 0.25) is 5.91 Å². The Labute approximate surface area is 108 Å². The van der Waals surface area contributed by atoms with Gasteiger partial charge in [0.05, 0.1) is 0 Å². The maximum atomic E-state index is 10.9. The molecule has 0 aliphatic heterocycles. The van der Waals surface area contributed by atoms with Gasteiger partial charge in [0, 0.05) is 5.56 Å². The second kappa shape index (κ2) is 6.60. The Morgan fingerprint density at radius 3 is 2.06 bits per heavy atom. The molecule has 2 heteroatoms. The van der Waals surface area contributed by atoms with Crippen LogP contribution in [0.15, 0.2) is 48.5 Å². The summed E-state index contributed by atoms with van der Waals surface area (Å²) in [5, 5.41) is 0. The highest BCUT2D eigenvalue weighted by molar-refractivity contribution is 5.93. The Kier molecular flexibility index (Phi) is 5.12. The van der Waals surface area contributed by atoms with E-state index in [4.69, 9.17) is 5.73 Å². The molecule has 2 rings (SSSR count). The lowest BCUT2D eigenvalue weighted by atomic mass is 10.0. The van der Waals surface area contributed by atoms with E-state index in [1.165, 1.54) is 5.56 Å². The molecule has 1 amide bonds.